The fraction of sp³-hybridized carbons (Fsp3) is 0.400. The fourth-order valence-corrected chi connectivity index (χ4v) is 3.27. The summed E-state index contributed by atoms with van der Waals surface area (Å²) in [6, 6.07) is 13.7. The SMILES string of the molecule is COc1ccccc1CN1CCCC(COc2cc(C#N)ccn2)C1.Cl. The van der Waals surface area contributed by atoms with E-state index in [1.165, 1.54) is 5.56 Å². The molecule has 2 heterocycles. The molecule has 1 aliphatic rings. The van der Waals surface area contributed by atoms with E-state index in [1.54, 1.807) is 25.4 Å². The lowest BCUT2D eigenvalue weighted by atomic mass is 9.98. The maximum absolute atomic E-state index is 8.95. The third kappa shape index (κ3) is 5.35. The van der Waals surface area contributed by atoms with Crippen molar-refractivity contribution in [3.8, 4) is 17.7 Å². The second kappa shape index (κ2) is 10.0. The maximum atomic E-state index is 8.95. The first-order valence-electron chi connectivity index (χ1n) is 8.61. The molecule has 6 heteroatoms. The summed E-state index contributed by atoms with van der Waals surface area (Å²) >= 11 is 0. The lowest BCUT2D eigenvalue weighted by Crippen LogP contribution is -2.37. The highest BCUT2D eigenvalue weighted by molar-refractivity contribution is 5.85. The molecular formula is C20H24ClN3O2. The molecule has 26 heavy (non-hydrogen) atoms. The van der Waals surface area contributed by atoms with Gasteiger partial charge in [0.2, 0.25) is 5.88 Å². The van der Waals surface area contributed by atoms with Crippen molar-refractivity contribution in [2.24, 2.45) is 5.92 Å². The number of hydrogen-bond acceptors (Lipinski definition) is 5. The van der Waals surface area contributed by atoms with Crippen LogP contribution >= 0.6 is 12.4 Å². The maximum Gasteiger partial charge on any atom is 0.214 e. The van der Waals surface area contributed by atoms with Crippen molar-refractivity contribution in [3.05, 3.63) is 53.7 Å². The van der Waals surface area contributed by atoms with Crippen LogP contribution in [0.5, 0.6) is 11.6 Å². The van der Waals surface area contributed by atoms with Crippen molar-refractivity contribution < 1.29 is 9.47 Å². The number of methoxy groups -OCH3 is 1. The molecule has 1 aliphatic heterocycles. The number of para-hydroxylation sites is 1. The average Bonchev–Trinajstić information content (AvgIpc) is 2.67. The summed E-state index contributed by atoms with van der Waals surface area (Å²) in [6.07, 6.45) is 3.93. The zero-order chi connectivity index (χ0) is 17.5. The van der Waals surface area contributed by atoms with Gasteiger partial charge in [0.25, 0.3) is 0 Å². The summed E-state index contributed by atoms with van der Waals surface area (Å²) in [5, 5.41) is 8.95. The van der Waals surface area contributed by atoms with E-state index >= 15 is 0 Å². The van der Waals surface area contributed by atoms with Crippen LogP contribution in [0.3, 0.4) is 0 Å². The second-order valence-electron chi connectivity index (χ2n) is 6.36. The lowest BCUT2D eigenvalue weighted by Gasteiger charge is -2.32. The third-order valence-corrected chi connectivity index (χ3v) is 4.52. The van der Waals surface area contributed by atoms with Gasteiger partial charge < -0.3 is 9.47 Å². The smallest absolute Gasteiger partial charge is 0.214 e. The summed E-state index contributed by atoms with van der Waals surface area (Å²) in [5.74, 6) is 1.94. The Kier molecular flexibility index (Phi) is 7.71. The summed E-state index contributed by atoms with van der Waals surface area (Å²) in [7, 11) is 1.72. The van der Waals surface area contributed by atoms with Gasteiger partial charge in [0.15, 0.2) is 0 Å². The highest BCUT2D eigenvalue weighted by atomic mass is 35.5. The molecule has 138 valence electrons. The zero-order valence-electron chi connectivity index (χ0n) is 14.9. The second-order valence-corrected chi connectivity index (χ2v) is 6.36. The van der Waals surface area contributed by atoms with Crippen LogP contribution in [0.1, 0.15) is 24.0 Å². The number of rotatable bonds is 6. The quantitative estimate of drug-likeness (QED) is 0.773. The fourth-order valence-electron chi connectivity index (χ4n) is 3.27. The van der Waals surface area contributed by atoms with E-state index in [0.717, 1.165) is 38.2 Å². The molecule has 0 amide bonds. The molecule has 0 saturated carbocycles. The average molecular weight is 374 g/mol. The molecular weight excluding hydrogens is 350 g/mol. The van der Waals surface area contributed by atoms with Gasteiger partial charge in [-0.25, -0.2) is 4.98 Å². The summed E-state index contributed by atoms with van der Waals surface area (Å²) in [6.45, 7) is 3.61. The number of pyridine rings is 1. The van der Waals surface area contributed by atoms with Gasteiger partial charge in [-0.2, -0.15) is 5.26 Å². The first-order chi connectivity index (χ1) is 12.3. The summed E-state index contributed by atoms with van der Waals surface area (Å²) in [5.41, 5.74) is 1.79. The molecule has 5 nitrogen and oxygen atoms in total. The number of likely N-dealkylation sites (tertiary alicyclic amines) is 1. The van der Waals surface area contributed by atoms with Crippen LogP contribution in [0.15, 0.2) is 42.6 Å². The molecule has 2 aromatic rings. The van der Waals surface area contributed by atoms with Crippen LogP contribution in [0.25, 0.3) is 0 Å². The minimum Gasteiger partial charge on any atom is -0.496 e. The Balaban J connectivity index is 0.00000243. The number of halogens is 1. The lowest BCUT2D eigenvalue weighted by molar-refractivity contribution is 0.122. The normalized spacial score (nSPS) is 17.0. The third-order valence-electron chi connectivity index (χ3n) is 4.52. The van der Waals surface area contributed by atoms with Crippen LogP contribution in [-0.4, -0.2) is 36.7 Å². The predicted octanol–water partition coefficient (Wildman–Crippen LogP) is 3.67. The van der Waals surface area contributed by atoms with E-state index in [9.17, 15) is 0 Å². The van der Waals surface area contributed by atoms with Crippen LogP contribution < -0.4 is 9.47 Å². The molecule has 1 unspecified atom stereocenters. The Morgan fingerprint density at radius 3 is 2.96 bits per heavy atom. The number of hydrogen-bond donors (Lipinski definition) is 0. The molecule has 0 bridgehead atoms. The summed E-state index contributed by atoms with van der Waals surface area (Å²) < 4.78 is 11.3. The van der Waals surface area contributed by atoms with Gasteiger partial charge >= 0.3 is 0 Å². The Labute approximate surface area is 161 Å². The van der Waals surface area contributed by atoms with Crippen molar-refractivity contribution in [2.45, 2.75) is 19.4 Å². The summed E-state index contributed by atoms with van der Waals surface area (Å²) in [4.78, 5) is 6.63. The minimum atomic E-state index is 0. The van der Waals surface area contributed by atoms with Crippen molar-refractivity contribution in [1.82, 2.24) is 9.88 Å². The number of nitrogens with zero attached hydrogens (tertiary/aromatic N) is 3. The van der Waals surface area contributed by atoms with Gasteiger partial charge in [-0.3, -0.25) is 4.90 Å². The predicted molar refractivity (Wildman–Crippen MR) is 103 cm³/mol. The van der Waals surface area contributed by atoms with Gasteiger partial charge in [0, 0.05) is 36.8 Å². The number of piperidine rings is 1. The zero-order valence-corrected chi connectivity index (χ0v) is 15.7. The molecule has 1 saturated heterocycles. The van der Waals surface area contributed by atoms with Crippen molar-refractivity contribution in [1.29, 1.82) is 5.26 Å². The van der Waals surface area contributed by atoms with Crippen LogP contribution in [0.4, 0.5) is 0 Å². The van der Waals surface area contributed by atoms with Crippen LogP contribution in [-0.2, 0) is 6.54 Å². The Bertz CT molecular complexity index is 748. The molecule has 0 spiro atoms. The van der Waals surface area contributed by atoms with Crippen LogP contribution in [0.2, 0.25) is 0 Å². The van der Waals surface area contributed by atoms with Crippen LogP contribution in [0, 0.1) is 17.2 Å². The Morgan fingerprint density at radius 2 is 2.15 bits per heavy atom. The van der Waals surface area contributed by atoms with Crippen molar-refractivity contribution in [3.63, 3.8) is 0 Å². The monoisotopic (exact) mass is 373 g/mol. The van der Waals surface area contributed by atoms with Gasteiger partial charge in [-0.1, -0.05) is 18.2 Å². The molecule has 0 aliphatic carbocycles. The molecule has 1 aromatic carbocycles. The Hall–Kier alpha value is -2.29. The van der Waals surface area contributed by atoms with Gasteiger partial charge in [-0.15, -0.1) is 12.4 Å². The molecule has 3 rings (SSSR count). The van der Waals surface area contributed by atoms with Crippen molar-refractivity contribution >= 4 is 12.4 Å². The van der Waals surface area contributed by atoms with Gasteiger partial charge in [0.05, 0.1) is 25.3 Å². The number of benzene rings is 1. The molecule has 1 atom stereocenters. The highest BCUT2D eigenvalue weighted by Crippen LogP contribution is 2.24. The van der Waals surface area contributed by atoms with E-state index < -0.39 is 0 Å². The van der Waals surface area contributed by atoms with E-state index in [4.69, 9.17) is 14.7 Å². The minimum absolute atomic E-state index is 0. The molecule has 1 aromatic heterocycles. The van der Waals surface area contributed by atoms with Gasteiger partial charge in [-0.05, 0) is 31.5 Å². The number of nitriles is 1. The van der Waals surface area contributed by atoms with E-state index in [-0.39, 0.29) is 12.4 Å². The molecule has 0 N–H and O–H groups in total. The number of ether oxygens (including phenoxy) is 2. The van der Waals surface area contributed by atoms with Gasteiger partial charge in [0.1, 0.15) is 5.75 Å². The van der Waals surface area contributed by atoms with E-state index in [2.05, 4.69) is 28.1 Å². The topological polar surface area (TPSA) is 58.4 Å². The van der Waals surface area contributed by atoms with E-state index in [1.807, 2.05) is 12.1 Å². The first kappa shape index (κ1) is 20.0. The van der Waals surface area contributed by atoms with E-state index in [0.29, 0.717) is 24.0 Å². The Morgan fingerprint density at radius 1 is 1.31 bits per heavy atom. The van der Waals surface area contributed by atoms with Crippen molar-refractivity contribution in [2.75, 3.05) is 26.8 Å². The molecule has 1 fully saturated rings. The number of aromatic nitrogens is 1. The molecule has 0 radical (unpaired) electrons. The highest BCUT2D eigenvalue weighted by Gasteiger charge is 2.21. The standard InChI is InChI=1S/C20H23N3O2.ClH/c1-24-19-7-3-2-6-18(19)14-23-10-4-5-17(13-23)15-25-20-11-16(12-21)8-9-22-20;/h2-3,6-9,11,17H,4-5,10,13-15H2,1H3;1H. The largest absolute Gasteiger partial charge is 0.496 e. The first-order valence-corrected chi connectivity index (χ1v) is 8.61.